The van der Waals surface area contributed by atoms with Gasteiger partial charge in [-0.3, -0.25) is 14.4 Å². The van der Waals surface area contributed by atoms with Crippen LogP contribution in [-0.2, 0) is 17.8 Å². The molecule has 10 heteroatoms. The summed E-state index contributed by atoms with van der Waals surface area (Å²) >= 11 is 0. The Morgan fingerprint density at radius 3 is 2.83 bits per heavy atom. The monoisotopic (exact) mass is 483 g/mol. The van der Waals surface area contributed by atoms with E-state index < -0.39 is 35.0 Å². The molecule has 0 radical (unpaired) electrons. The van der Waals surface area contributed by atoms with Gasteiger partial charge in [0, 0.05) is 30.9 Å². The van der Waals surface area contributed by atoms with Crippen LogP contribution in [0.5, 0.6) is 11.5 Å². The molecule has 4 aliphatic rings. The molecule has 184 valence electrons. The second-order valence-corrected chi connectivity index (χ2v) is 9.82. The minimum Gasteiger partial charge on any atom is -0.503 e. The molecule has 3 heterocycles. The zero-order valence-corrected chi connectivity index (χ0v) is 19.0. The minimum absolute atomic E-state index is 0.00460. The number of carbonyl (C=O) groups is 2. The lowest BCUT2D eigenvalue weighted by molar-refractivity contribution is -0.0886. The molecule has 2 bridgehead atoms. The van der Waals surface area contributed by atoms with E-state index in [9.17, 15) is 23.9 Å². The van der Waals surface area contributed by atoms with Gasteiger partial charge in [-0.05, 0) is 44.1 Å². The van der Waals surface area contributed by atoms with Gasteiger partial charge in [0.15, 0.2) is 17.7 Å². The number of rotatable bonds is 5. The van der Waals surface area contributed by atoms with Crippen molar-refractivity contribution in [2.75, 3.05) is 6.54 Å². The molecule has 0 spiro atoms. The first-order valence-electron chi connectivity index (χ1n) is 12.0. The van der Waals surface area contributed by atoms with Crippen molar-refractivity contribution in [2.24, 2.45) is 5.92 Å². The quantitative estimate of drug-likeness (QED) is 0.675. The summed E-state index contributed by atoms with van der Waals surface area (Å²) in [5.41, 5.74) is -0.745. The predicted molar refractivity (Wildman–Crippen MR) is 121 cm³/mol. The van der Waals surface area contributed by atoms with Gasteiger partial charge in [0.1, 0.15) is 17.1 Å². The molecule has 1 aromatic carbocycles. The molecule has 9 nitrogen and oxygen atoms in total. The first-order valence-corrected chi connectivity index (χ1v) is 12.0. The number of aromatic hydroxyl groups is 1. The third-order valence-electron chi connectivity index (χ3n) is 7.25. The summed E-state index contributed by atoms with van der Waals surface area (Å²) in [6.45, 7) is 0.749. The predicted octanol–water partition coefficient (Wildman–Crippen LogP) is 2.15. The fourth-order valence-electron chi connectivity index (χ4n) is 5.27. The molecule has 2 aromatic rings. The average molecular weight is 483 g/mol. The topological polar surface area (TPSA) is 110 Å². The standard InChI is InChI=1S/C25H26FN3O6/c26-15-3-2-14(19(8-15)34-16-5-6-16)9-27-24(32)18-11-28-12-20-29(10-13-1-4-17(7-13)35-20)25(33)21(28)23(31)22(18)30/h2-3,8,11,13,16-17,20,31H,1,4-7,9-10,12H2,(H,27,32)/t13-,17+,20+/m1/s1. The van der Waals surface area contributed by atoms with E-state index >= 15 is 0 Å². The minimum atomic E-state index is -0.911. The van der Waals surface area contributed by atoms with E-state index in [0.29, 0.717) is 23.8 Å². The van der Waals surface area contributed by atoms with Crippen LogP contribution in [0.3, 0.4) is 0 Å². The van der Waals surface area contributed by atoms with Gasteiger partial charge in [0.05, 0.1) is 18.8 Å². The molecular formula is C25H26FN3O6. The van der Waals surface area contributed by atoms with Crippen molar-refractivity contribution >= 4 is 11.8 Å². The Labute approximate surface area is 200 Å². The summed E-state index contributed by atoms with van der Waals surface area (Å²) in [6, 6.07) is 4.07. The third-order valence-corrected chi connectivity index (χ3v) is 7.25. The van der Waals surface area contributed by atoms with Gasteiger partial charge in [0.2, 0.25) is 5.43 Å². The molecule has 2 aliphatic carbocycles. The zero-order chi connectivity index (χ0) is 24.3. The van der Waals surface area contributed by atoms with Crippen LogP contribution < -0.4 is 15.5 Å². The SMILES string of the molecule is O=C(NCc1ccc(F)cc1OC1CC1)c1cn2c(c(O)c1=O)C(=O)N1C[C@@H]3CC[C@@H](C3)O[C@H]1C2. The maximum absolute atomic E-state index is 13.7. The van der Waals surface area contributed by atoms with Gasteiger partial charge < -0.3 is 29.4 Å². The number of halogens is 1. The number of pyridine rings is 1. The summed E-state index contributed by atoms with van der Waals surface area (Å²) in [5, 5.41) is 13.3. The first-order chi connectivity index (χ1) is 16.9. The zero-order valence-electron chi connectivity index (χ0n) is 19.0. The number of fused-ring (bicyclic) bond motifs is 4. The van der Waals surface area contributed by atoms with E-state index in [0.717, 1.165) is 32.1 Å². The second kappa shape index (κ2) is 8.37. The molecular weight excluding hydrogens is 457 g/mol. The van der Waals surface area contributed by atoms with Crippen LogP contribution >= 0.6 is 0 Å². The van der Waals surface area contributed by atoms with Crippen LogP contribution in [0.2, 0.25) is 0 Å². The molecule has 3 fully saturated rings. The molecule has 2 saturated carbocycles. The Kier molecular flexibility index (Phi) is 5.28. The number of amides is 2. The van der Waals surface area contributed by atoms with E-state index in [-0.39, 0.29) is 36.6 Å². The largest absolute Gasteiger partial charge is 0.503 e. The highest BCUT2D eigenvalue weighted by molar-refractivity contribution is 5.99. The van der Waals surface area contributed by atoms with Crippen LogP contribution in [0.1, 0.15) is 58.5 Å². The second-order valence-electron chi connectivity index (χ2n) is 9.82. The van der Waals surface area contributed by atoms with E-state index in [2.05, 4.69) is 5.32 Å². The van der Waals surface area contributed by atoms with Crippen LogP contribution in [0.25, 0.3) is 0 Å². The molecule has 35 heavy (non-hydrogen) atoms. The molecule has 2 N–H and O–H groups in total. The Bertz CT molecular complexity index is 1270. The van der Waals surface area contributed by atoms with E-state index in [1.165, 1.54) is 29.0 Å². The Balaban J connectivity index is 1.25. The van der Waals surface area contributed by atoms with Gasteiger partial charge >= 0.3 is 0 Å². The highest BCUT2D eigenvalue weighted by Gasteiger charge is 2.43. The number of nitrogens with zero attached hydrogens (tertiary/aromatic N) is 2. The summed E-state index contributed by atoms with van der Waals surface area (Å²) in [4.78, 5) is 40.6. The summed E-state index contributed by atoms with van der Waals surface area (Å²) in [6.07, 6.45) is 5.56. The Morgan fingerprint density at radius 2 is 2.03 bits per heavy atom. The van der Waals surface area contributed by atoms with E-state index in [1.54, 1.807) is 4.90 Å². The summed E-state index contributed by atoms with van der Waals surface area (Å²) < 4.78 is 27.0. The Morgan fingerprint density at radius 1 is 1.20 bits per heavy atom. The normalized spacial score (nSPS) is 25.0. The number of hydrogen-bond donors (Lipinski definition) is 2. The molecule has 3 atom stereocenters. The van der Waals surface area contributed by atoms with Crippen molar-refractivity contribution < 1.29 is 28.6 Å². The maximum atomic E-state index is 13.7. The lowest BCUT2D eigenvalue weighted by Gasteiger charge is -2.38. The van der Waals surface area contributed by atoms with Crippen LogP contribution in [-0.4, -0.2) is 51.4 Å². The molecule has 1 saturated heterocycles. The highest BCUT2D eigenvalue weighted by Crippen LogP contribution is 2.37. The molecule has 2 aliphatic heterocycles. The molecule has 6 rings (SSSR count). The average Bonchev–Trinajstić information content (AvgIpc) is 3.56. The van der Waals surface area contributed by atoms with Crippen molar-refractivity contribution in [1.29, 1.82) is 0 Å². The summed E-state index contributed by atoms with van der Waals surface area (Å²) in [5.74, 6) is -1.67. The number of hydrogen-bond acceptors (Lipinski definition) is 6. The number of nitrogens with one attached hydrogen (secondary N) is 1. The van der Waals surface area contributed by atoms with Crippen LogP contribution in [0.4, 0.5) is 4.39 Å². The van der Waals surface area contributed by atoms with Crippen molar-refractivity contribution in [1.82, 2.24) is 14.8 Å². The lowest BCUT2D eigenvalue weighted by atomic mass is 10.1. The first kappa shape index (κ1) is 22.1. The lowest BCUT2D eigenvalue weighted by Crippen LogP contribution is -2.51. The van der Waals surface area contributed by atoms with Gasteiger partial charge in [-0.2, -0.15) is 0 Å². The number of aromatic nitrogens is 1. The van der Waals surface area contributed by atoms with E-state index in [4.69, 9.17) is 9.47 Å². The van der Waals surface area contributed by atoms with Gasteiger partial charge in [-0.15, -0.1) is 0 Å². The van der Waals surface area contributed by atoms with Gasteiger partial charge in [0.25, 0.3) is 11.8 Å². The van der Waals surface area contributed by atoms with Crippen molar-refractivity contribution in [3.63, 3.8) is 0 Å². The van der Waals surface area contributed by atoms with Gasteiger partial charge in [-0.1, -0.05) is 6.07 Å². The maximum Gasteiger partial charge on any atom is 0.276 e. The van der Waals surface area contributed by atoms with Crippen molar-refractivity contribution in [2.45, 2.75) is 63.6 Å². The fourth-order valence-corrected chi connectivity index (χ4v) is 5.27. The molecule has 1 aromatic heterocycles. The fraction of sp³-hybridized carbons (Fsp3) is 0.480. The van der Waals surface area contributed by atoms with Crippen molar-refractivity contribution in [3.8, 4) is 11.5 Å². The van der Waals surface area contributed by atoms with Gasteiger partial charge in [-0.25, -0.2) is 4.39 Å². The number of benzene rings is 1. The van der Waals surface area contributed by atoms with Crippen LogP contribution in [0, 0.1) is 11.7 Å². The summed E-state index contributed by atoms with van der Waals surface area (Å²) in [7, 11) is 0. The molecule has 2 amide bonds. The van der Waals surface area contributed by atoms with Crippen LogP contribution in [0.15, 0.2) is 29.2 Å². The highest BCUT2D eigenvalue weighted by atomic mass is 19.1. The van der Waals surface area contributed by atoms with E-state index in [1.807, 2.05) is 0 Å². The Hall–Kier alpha value is -3.40. The smallest absolute Gasteiger partial charge is 0.276 e. The number of ether oxygens (including phenoxy) is 2. The van der Waals surface area contributed by atoms with Crippen molar-refractivity contribution in [3.05, 3.63) is 57.3 Å². The number of carbonyl (C=O) groups excluding carboxylic acids is 2. The molecule has 0 unspecified atom stereocenters. The third kappa shape index (κ3) is 4.05.